The van der Waals surface area contributed by atoms with Crippen LogP contribution in [0.25, 0.3) is 6.08 Å². The van der Waals surface area contributed by atoms with Crippen molar-refractivity contribution in [1.29, 1.82) is 0 Å². The highest BCUT2D eigenvalue weighted by molar-refractivity contribution is 5.40. The summed E-state index contributed by atoms with van der Waals surface area (Å²) >= 11 is 0. The summed E-state index contributed by atoms with van der Waals surface area (Å²) in [7, 11) is 0. The van der Waals surface area contributed by atoms with Crippen LogP contribution >= 0.6 is 0 Å². The van der Waals surface area contributed by atoms with E-state index in [0.717, 1.165) is 6.67 Å². The maximum Gasteiger partial charge on any atom is 0.221 e. The van der Waals surface area contributed by atoms with Crippen molar-refractivity contribution in [3.63, 3.8) is 0 Å². The fraction of sp³-hybridized carbons (Fsp3) is 0.125. The monoisotopic (exact) mass is 133 g/mol. The molecule has 0 saturated heterocycles. The fourth-order valence-electron chi connectivity index (χ4n) is 1.08. The Morgan fingerprint density at radius 1 is 1.40 bits per heavy atom. The zero-order valence-electron chi connectivity index (χ0n) is 5.62. The predicted molar refractivity (Wildman–Crippen MR) is 38.8 cm³/mol. The van der Waals surface area contributed by atoms with Crippen LogP contribution in [0.5, 0.6) is 0 Å². The topological polar surface area (TPSA) is 15.9 Å². The minimum Gasteiger partial charge on any atom is -0.337 e. The first-order valence-corrected chi connectivity index (χ1v) is 3.35. The Morgan fingerprint density at radius 3 is 3.30 bits per heavy atom. The maximum absolute atomic E-state index is 3.12. The molecule has 1 aromatic heterocycles. The normalized spacial score (nSPS) is 14.0. The molecule has 50 valence electrons. The maximum atomic E-state index is 3.12. The van der Waals surface area contributed by atoms with Crippen molar-refractivity contribution in [3.05, 3.63) is 36.3 Å². The Bertz CT molecular complexity index is 266. The van der Waals surface area contributed by atoms with Crippen molar-refractivity contribution in [2.75, 3.05) is 0 Å². The van der Waals surface area contributed by atoms with Crippen LogP contribution in [0.3, 0.4) is 0 Å². The first kappa shape index (κ1) is 5.47. The number of fused-ring (bicyclic) bond motifs is 1. The van der Waals surface area contributed by atoms with Gasteiger partial charge in [-0.3, -0.25) is 0 Å². The molecule has 10 heavy (non-hydrogen) atoms. The van der Waals surface area contributed by atoms with Crippen molar-refractivity contribution in [2.24, 2.45) is 0 Å². The molecule has 2 nitrogen and oxygen atoms in total. The lowest BCUT2D eigenvalue weighted by molar-refractivity contribution is -0.703. The molecule has 0 atom stereocenters. The lowest BCUT2D eigenvalue weighted by Gasteiger charge is -2.04. The standard InChI is InChI=1S/C8H8N2/c1-2-6-10-7-9-5-4-8(10)3-1/h1-6H,7H2/p+1. The minimum atomic E-state index is 0.882. The average molecular weight is 133 g/mol. The van der Waals surface area contributed by atoms with Crippen molar-refractivity contribution in [3.8, 4) is 0 Å². The fourth-order valence-corrected chi connectivity index (χ4v) is 1.08. The second-order valence-corrected chi connectivity index (χ2v) is 2.29. The summed E-state index contributed by atoms with van der Waals surface area (Å²) in [6.45, 7) is 0.882. The molecule has 2 rings (SSSR count). The van der Waals surface area contributed by atoms with Crippen molar-refractivity contribution in [2.45, 2.75) is 6.67 Å². The largest absolute Gasteiger partial charge is 0.337 e. The van der Waals surface area contributed by atoms with Crippen molar-refractivity contribution in [1.82, 2.24) is 5.32 Å². The molecule has 1 aliphatic rings. The molecule has 0 amide bonds. The van der Waals surface area contributed by atoms with E-state index in [1.165, 1.54) is 5.69 Å². The highest BCUT2D eigenvalue weighted by Crippen LogP contribution is 1.95. The Kier molecular flexibility index (Phi) is 1.17. The molecule has 0 fully saturated rings. The highest BCUT2D eigenvalue weighted by Gasteiger charge is 2.06. The number of aromatic nitrogens is 1. The first-order chi connectivity index (χ1) is 4.97. The quantitative estimate of drug-likeness (QED) is 0.510. The predicted octanol–water partition coefficient (Wildman–Crippen LogP) is 0.506. The summed E-state index contributed by atoms with van der Waals surface area (Å²) in [6, 6.07) is 6.17. The number of nitrogens with one attached hydrogen (secondary N) is 1. The third-order valence-electron chi connectivity index (χ3n) is 1.61. The van der Waals surface area contributed by atoms with Gasteiger partial charge in [0.15, 0.2) is 6.20 Å². The molecule has 1 aliphatic heterocycles. The van der Waals surface area contributed by atoms with Crippen LogP contribution in [-0.4, -0.2) is 0 Å². The molecule has 0 bridgehead atoms. The molecule has 0 saturated carbocycles. The second-order valence-electron chi connectivity index (χ2n) is 2.29. The van der Waals surface area contributed by atoms with E-state index in [-0.39, 0.29) is 0 Å². The van der Waals surface area contributed by atoms with E-state index < -0.39 is 0 Å². The molecule has 0 aromatic carbocycles. The van der Waals surface area contributed by atoms with Gasteiger partial charge in [-0.25, -0.2) is 0 Å². The molecule has 2 heterocycles. The molecule has 2 heteroatoms. The average Bonchev–Trinajstić information content (AvgIpc) is 2.05. The van der Waals surface area contributed by atoms with E-state index >= 15 is 0 Å². The summed E-state index contributed by atoms with van der Waals surface area (Å²) in [5.74, 6) is 0. The molecule has 0 radical (unpaired) electrons. The van der Waals surface area contributed by atoms with E-state index in [1.807, 2.05) is 18.3 Å². The number of pyridine rings is 1. The van der Waals surface area contributed by atoms with Crippen LogP contribution in [0.15, 0.2) is 30.6 Å². The molecule has 1 aromatic rings. The molecule has 0 spiro atoms. The van der Waals surface area contributed by atoms with Gasteiger partial charge in [0, 0.05) is 24.4 Å². The van der Waals surface area contributed by atoms with Crippen LogP contribution in [0.1, 0.15) is 5.69 Å². The number of rotatable bonds is 0. The van der Waals surface area contributed by atoms with Crippen LogP contribution in [-0.2, 0) is 6.67 Å². The van der Waals surface area contributed by atoms with Crippen LogP contribution < -0.4 is 9.88 Å². The molecule has 0 aliphatic carbocycles. The third-order valence-corrected chi connectivity index (χ3v) is 1.61. The van der Waals surface area contributed by atoms with Crippen LogP contribution in [0, 0.1) is 0 Å². The van der Waals surface area contributed by atoms with Gasteiger partial charge in [-0.15, -0.1) is 0 Å². The summed E-state index contributed by atoms with van der Waals surface area (Å²) in [5, 5.41) is 3.12. The Labute approximate surface area is 59.8 Å². The molecule has 1 N–H and O–H groups in total. The van der Waals surface area contributed by atoms with Gasteiger partial charge in [-0.05, 0) is 6.07 Å². The van der Waals surface area contributed by atoms with Gasteiger partial charge in [0.05, 0.1) is 0 Å². The number of hydrogen-bond acceptors (Lipinski definition) is 1. The summed E-state index contributed by atoms with van der Waals surface area (Å²) < 4.78 is 2.15. The van der Waals surface area contributed by atoms with Gasteiger partial charge < -0.3 is 5.32 Å². The van der Waals surface area contributed by atoms with E-state index in [2.05, 4.69) is 28.2 Å². The number of nitrogens with zero attached hydrogens (tertiary/aromatic N) is 1. The van der Waals surface area contributed by atoms with Crippen LogP contribution in [0.4, 0.5) is 0 Å². The van der Waals surface area contributed by atoms with E-state index in [1.54, 1.807) is 0 Å². The number of hydrogen-bond donors (Lipinski definition) is 1. The molecule has 0 unspecified atom stereocenters. The van der Waals surface area contributed by atoms with Crippen molar-refractivity contribution >= 4 is 6.08 Å². The zero-order chi connectivity index (χ0) is 6.81. The lowest BCUT2D eigenvalue weighted by atomic mass is 10.3. The van der Waals surface area contributed by atoms with Gasteiger partial charge in [0.1, 0.15) is 0 Å². The van der Waals surface area contributed by atoms with E-state index in [4.69, 9.17) is 0 Å². The smallest absolute Gasteiger partial charge is 0.221 e. The van der Waals surface area contributed by atoms with Gasteiger partial charge >= 0.3 is 0 Å². The van der Waals surface area contributed by atoms with E-state index in [9.17, 15) is 0 Å². The minimum absolute atomic E-state index is 0.882. The summed E-state index contributed by atoms with van der Waals surface area (Å²) in [6.07, 6.45) is 6.09. The summed E-state index contributed by atoms with van der Waals surface area (Å²) in [5.41, 5.74) is 1.25. The van der Waals surface area contributed by atoms with Crippen LogP contribution in [0.2, 0.25) is 0 Å². The first-order valence-electron chi connectivity index (χ1n) is 3.35. The summed E-state index contributed by atoms with van der Waals surface area (Å²) in [4.78, 5) is 0. The highest BCUT2D eigenvalue weighted by atomic mass is 15.1. The zero-order valence-corrected chi connectivity index (χ0v) is 5.62. The lowest BCUT2D eigenvalue weighted by Crippen LogP contribution is -2.44. The SMILES string of the molecule is C1=Cc2cccc[n+]2CN1. The van der Waals surface area contributed by atoms with Gasteiger partial charge in [0.25, 0.3) is 0 Å². The van der Waals surface area contributed by atoms with Gasteiger partial charge in [0.2, 0.25) is 12.4 Å². The Balaban J connectivity index is 2.54. The van der Waals surface area contributed by atoms with E-state index in [0.29, 0.717) is 0 Å². The molecular weight excluding hydrogens is 124 g/mol. The molecular formula is C8H9N2+. The Morgan fingerprint density at radius 2 is 2.40 bits per heavy atom. The van der Waals surface area contributed by atoms with Gasteiger partial charge in [-0.2, -0.15) is 4.57 Å². The second kappa shape index (κ2) is 2.14. The third kappa shape index (κ3) is 0.778. The Hall–Kier alpha value is -1.31. The van der Waals surface area contributed by atoms with Crippen molar-refractivity contribution < 1.29 is 4.57 Å². The van der Waals surface area contributed by atoms with Gasteiger partial charge in [-0.1, -0.05) is 0 Å².